The molecule has 0 aliphatic carbocycles. The summed E-state index contributed by atoms with van der Waals surface area (Å²) in [4.78, 5) is 8.42. The highest BCUT2D eigenvalue weighted by Gasteiger charge is 2.26. The minimum Gasteiger partial charge on any atom is -0.328 e. The molecule has 1 aromatic carbocycles. The molecule has 1 unspecified atom stereocenters. The highest BCUT2D eigenvalue weighted by Crippen LogP contribution is 2.24. The Morgan fingerprint density at radius 1 is 1.40 bits per heavy atom. The van der Waals surface area contributed by atoms with Gasteiger partial charge in [-0.1, -0.05) is 0 Å². The van der Waals surface area contributed by atoms with Crippen molar-refractivity contribution in [3.8, 4) is 0 Å². The lowest BCUT2D eigenvalue weighted by atomic mass is 10.3. The molecule has 1 aromatic rings. The van der Waals surface area contributed by atoms with Gasteiger partial charge >= 0.3 is 5.69 Å². The molecule has 0 radical (unpaired) electrons. The van der Waals surface area contributed by atoms with Crippen LogP contribution in [0.4, 0.5) is 14.5 Å². The van der Waals surface area contributed by atoms with E-state index in [1.807, 2.05) is 4.72 Å². The molecule has 10 heteroatoms. The van der Waals surface area contributed by atoms with Crippen LogP contribution in [-0.4, -0.2) is 25.9 Å². The Balaban J connectivity index is 3.11. The molecule has 1 rings (SSSR count). The average molecular weight is 309 g/mol. The first kappa shape index (κ1) is 16.4. The Hall–Kier alpha value is -1.65. The van der Waals surface area contributed by atoms with Crippen molar-refractivity contribution < 1.29 is 22.1 Å². The van der Waals surface area contributed by atoms with E-state index in [1.165, 1.54) is 0 Å². The topological polar surface area (TPSA) is 115 Å². The maximum Gasteiger partial charge on any atom is 0.306 e. The molecule has 0 aliphatic rings. The summed E-state index contributed by atoms with van der Waals surface area (Å²) in [6.07, 6.45) is 0.296. The zero-order chi connectivity index (χ0) is 15.5. The summed E-state index contributed by atoms with van der Waals surface area (Å²) in [5.41, 5.74) is 4.31. The van der Waals surface area contributed by atoms with Crippen molar-refractivity contribution in [2.45, 2.75) is 24.3 Å². The van der Waals surface area contributed by atoms with E-state index in [0.29, 0.717) is 12.5 Å². The third-order valence-electron chi connectivity index (χ3n) is 2.38. The predicted molar refractivity (Wildman–Crippen MR) is 66.5 cm³/mol. The second-order valence-corrected chi connectivity index (χ2v) is 5.89. The van der Waals surface area contributed by atoms with Crippen LogP contribution in [0, 0.1) is 21.7 Å². The summed E-state index contributed by atoms with van der Waals surface area (Å²) in [5, 5.41) is 10.5. The minimum absolute atomic E-state index is 0.0649. The molecule has 20 heavy (non-hydrogen) atoms. The molecule has 0 aromatic heterocycles. The van der Waals surface area contributed by atoms with Gasteiger partial charge < -0.3 is 5.73 Å². The van der Waals surface area contributed by atoms with E-state index < -0.39 is 37.2 Å². The number of nitrogens with two attached hydrogens (primary N) is 1. The molecular formula is C10H13F2N3O4S. The number of nitro groups is 1. The van der Waals surface area contributed by atoms with Gasteiger partial charge in [0, 0.05) is 24.7 Å². The summed E-state index contributed by atoms with van der Waals surface area (Å²) >= 11 is 0. The fraction of sp³-hybridized carbons (Fsp3) is 0.400. The Kier molecular flexibility index (Phi) is 5.09. The first-order valence-electron chi connectivity index (χ1n) is 5.54. The highest BCUT2D eigenvalue weighted by molar-refractivity contribution is 7.89. The number of hydrogen-bond acceptors (Lipinski definition) is 5. The Bertz CT molecular complexity index is 619. The number of nitro benzene ring substituents is 1. The quantitative estimate of drug-likeness (QED) is 0.598. The predicted octanol–water partition coefficient (Wildman–Crippen LogP) is 0.889. The van der Waals surface area contributed by atoms with Crippen LogP contribution in [0.1, 0.15) is 13.3 Å². The SMILES string of the molecule is CC(N)CCNS(=O)(=O)c1cc([N+](=O)[O-])c(F)cc1F. The van der Waals surface area contributed by atoms with E-state index in [1.54, 1.807) is 6.92 Å². The molecule has 0 aliphatic heterocycles. The van der Waals surface area contributed by atoms with Crippen molar-refractivity contribution in [3.05, 3.63) is 33.9 Å². The third-order valence-corrected chi connectivity index (χ3v) is 3.86. The number of halogens is 2. The molecule has 7 nitrogen and oxygen atoms in total. The third kappa shape index (κ3) is 3.92. The average Bonchev–Trinajstić information content (AvgIpc) is 2.26. The molecule has 0 saturated heterocycles. The summed E-state index contributed by atoms with van der Waals surface area (Å²) in [6, 6.07) is 0.238. The van der Waals surface area contributed by atoms with Crippen LogP contribution in [0.2, 0.25) is 0 Å². The van der Waals surface area contributed by atoms with E-state index >= 15 is 0 Å². The van der Waals surface area contributed by atoms with Gasteiger partial charge in [0.1, 0.15) is 10.7 Å². The highest BCUT2D eigenvalue weighted by atomic mass is 32.2. The van der Waals surface area contributed by atoms with Crippen LogP contribution in [0.3, 0.4) is 0 Å². The molecule has 0 fully saturated rings. The zero-order valence-corrected chi connectivity index (χ0v) is 11.3. The van der Waals surface area contributed by atoms with Crippen LogP contribution < -0.4 is 10.5 Å². The lowest BCUT2D eigenvalue weighted by molar-refractivity contribution is -0.387. The van der Waals surface area contributed by atoms with Crippen molar-refractivity contribution in [2.24, 2.45) is 5.73 Å². The lowest BCUT2D eigenvalue weighted by Crippen LogP contribution is -2.29. The standard InChI is InChI=1S/C10H13F2N3O4S/c1-6(13)2-3-14-20(18,19)10-5-9(15(16)17)7(11)4-8(10)12/h4-6,14H,2-3,13H2,1H3. The van der Waals surface area contributed by atoms with Crippen LogP contribution in [0.25, 0.3) is 0 Å². The Labute approximate surface area is 114 Å². The molecule has 0 bridgehead atoms. The van der Waals surface area contributed by atoms with Crippen molar-refractivity contribution >= 4 is 15.7 Å². The van der Waals surface area contributed by atoms with Crippen LogP contribution in [-0.2, 0) is 10.0 Å². The van der Waals surface area contributed by atoms with Crippen LogP contribution in [0.5, 0.6) is 0 Å². The number of benzene rings is 1. The summed E-state index contributed by atoms with van der Waals surface area (Å²) in [7, 11) is -4.31. The Morgan fingerprint density at radius 3 is 2.50 bits per heavy atom. The van der Waals surface area contributed by atoms with Crippen molar-refractivity contribution in [2.75, 3.05) is 6.54 Å². The maximum atomic E-state index is 13.5. The second kappa shape index (κ2) is 6.20. The monoisotopic (exact) mass is 309 g/mol. The van der Waals surface area contributed by atoms with Crippen LogP contribution in [0.15, 0.2) is 17.0 Å². The first-order chi connectivity index (χ1) is 9.15. The largest absolute Gasteiger partial charge is 0.328 e. The maximum absolute atomic E-state index is 13.5. The smallest absolute Gasteiger partial charge is 0.306 e. The van der Waals surface area contributed by atoms with Gasteiger partial charge in [-0.05, 0) is 13.3 Å². The van der Waals surface area contributed by atoms with Crippen molar-refractivity contribution in [1.82, 2.24) is 4.72 Å². The fourth-order valence-electron chi connectivity index (χ4n) is 1.36. The van der Waals surface area contributed by atoms with Gasteiger partial charge in [-0.3, -0.25) is 10.1 Å². The van der Waals surface area contributed by atoms with E-state index in [0.717, 1.165) is 0 Å². The van der Waals surface area contributed by atoms with Gasteiger partial charge in [-0.15, -0.1) is 0 Å². The second-order valence-electron chi connectivity index (χ2n) is 4.15. The molecular weight excluding hydrogens is 296 g/mol. The summed E-state index contributed by atoms with van der Waals surface area (Å²) in [6.45, 7) is 1.59. The normalized spacial score (nSPS) is 13.2. The number of rotatable bonds is 6. The van der Waals surface area contributed by atoms with Crippen molar-refractivity contribution in [3.63, 3.8) is 0 Å². The first-order valence-corrected chi connectivity index (χ1v) is 7.02. The fourth-order valence-corrected chi connectivity index (χ4v) is 2.49. The van der Waals surface area contributed by atoms with E-state index in [2.05, 4.69) is 0 Å². The molecule has 0 saturated carbocycles. The molecule has 1 atom stereocenters. The lowest BCUT2D eigenvalue weighted by Gasteiger charge is -2.09. The molecule has 112 valence electrons. The van der Waals surface area contributed by atoms with E-state index in [9.17, 15) is 27.3 Å². The zero-order valence-electron chi connectivity index (χ0n) is 10.5. The van der Waals surface area contributed by atoms with E-state index in [-0.39, 0.29) is 18.7 Å². The Morgan fingerprint density at radius 2 is 2.00 bits per heavy atom. The summed E-state index contributed by atoms with van der Waals surface area (Å²) < 4.78 is 52.2. The summed E-state index contributed by atoms with van der Waals surface area (Å²) in [5.74, 6) is -2.84. The van der Waals surface area contributed by atoms with Gasteiger partial charge in [0.15, 0.2) is 0 Å². The molecule has 3 N–H and O–H groups in total. The van der Waals surface area contributed by atoms with Gasteiger partial charge in [0.2, 0.25) is 15.8 Å². The number of hydrogen-bond donors (Lipinski definition) is 2. The number of nitrogens with one attached hydrogen (secondary N) is 1. The van der Waals surface area contributed by atoms with Gasteiger partial charge in [-0.2, -0.15) is 4.39 Å². The van der Waals surface area contributed by atoms with Gasteiger partial charge in [-0.25, -0.2) is 17.5 Å². The van der Waals surface area contributed by atoms with Gasteiger partial charge in [0.25, 0.3) is 0 Å². The molecule has 0 spiro atoms. The number of nitrogens with zero attached hydrogens (tertiary/aromatic N) is 1. The van der Waals surface area contributed by atoms with Gasteiger partial charge in [0.05, 0.1) is 4.92 Å². The minimum atomic E-state index is -4.31. The molecule has 0 heterocycles. The molecule has 0 amide bonds. The van der Waals surface area contributed by atoms with E-state index in [4.69, 9.17) is 5.73 Å². The van der Waals surface area contributed by atoms with Crippen LogP contribution >= 0.6 is 0 Å². The van der Waals surface area contributed by atoms with Crippen molar-refractivity contribution in [1.29, 1.82) is 0 Å². The number of sulfonamides is 1.